The van der Waals surface area contributed by atoms with Gasteiger partial charge in [-0.1, -0.05) is 20.3 Å². The van der Waals surface area contributed by atoms with Crippen LogP contribution in [0.3, 0.4) is 0 Å². The number of rotatable bonds is 3. The van der Waals surface area contributed by atoms with E-state index in [1.54, 1.807) is 9.58 Å². The van der Waals surface area contributed by atoms with E-state index < -0.39 is 6.04 Å². The van der Waals surface area contributed by atoms with E-state index in [1.165, 1.54) is 0 Å². The number of amides is 2. The topological polar surface area (TPSA) is 67.2 Å². The molecule has 1 saturated heterocycles. The van der Waals surface area contributed by atoms with Crippen molar-refractivity contribution in [2.24, 2.45) is 13.0 Å². The Labute approximate surface area is 119 Å². The largest absolute Gasteiger partial charge is 0.344 e. The maximum Gasteiger partial charge on any atom is 0.249 e. The minimum atomic E-state index is -0.449. The molecule has 0 radical (unpaired) electrons. The zero-order valence-electron chi connectivity index (χ0n) is 12.5. The van der Waals surface area contributed by atoms with Crippen LogP contribution in [0.2, 0.25) is 0 Å². The number of aromatic nitrogens is 2. The standard InChI is InChI=1S/C14H22N4O2/c1-5-9(2)13-14(20)18(7-6-12(19)15-13)11-8-17(4)16-10(11)3/h8-9,13H,5-7H2,1-4H3,(H,15,19). The summed E-state index contributed by atoms with van der Waals surface area (Å²) >= 11 is 0. The second-order valence-electron chi connectivity index (χ2n) is 5.44. The average molecular weight is 278 g/mol. The van der Waals surface area contributed by atoms with E-state index in [0.29, 0.717) is 13.0 Å². The van der Waals surface area contributed by atoms with Gasteiger partial charge >= 0.3 is 0 Å². The molecule has 0 bridgehead atoms. The molecule has 1 aliphatic heterocycles. The Bertz CT molecular complexity index is 523. The highest BCUT2D eigenvalue weighted by atomic mass is 16.2. The van der Waals surface area contributed by atoms with Gasteiger partial charge in [-0.2, -0.15) is 5.10 Å². The molecule has 1 aliphatic rings. The molecule has 110 valence electrons. The third-order valence-corrected chi connectivity index (χ3v) is 3.90. The van der Waals surface area contributed by atoms with E-state index in [9.17, 15) is 9.59 Å². The lowest BCUT2D eigenvalue weighted by Gasteiger charge is -2.26. The molecule has 0 spiro atoms. The van der Waals surface area contributed by atoms with E-state index in [-0.39, 0.29) is 17.7 Å². The predicted octanol–water partition coefficient (Wildman–Crippen LogP) is 0.996. The number of nitrogens with zero attached hydrogens (tertiary/aromatic N) is 3. The van der Waals surface area contributed by atoms with Gasteiger partial charge in [0, 0.05) is 26.2 Å². The molecule has 2 unspecified atom stereocenters. The molecular formula is C14H22N4O2. The van der Waals surface area contributed by atoms with Crippen molar-refractivity contribution in [3.63, 3.8) is 0 Å². The molecule has 0 aliphatic carbocycles. The summed E-state index contributed by atoms with van der Waals surface area (Å²) in [6, 6.07) is -0.449. The normalized spacial score (nSPS) is 21.6. The van der Waals surface area contributed by atoms with Crippen LogP contribution in [-0.4, -0.2) is 34.2 Å². The fourth-order valence-corrected chi connectivity index (χ4v) is 2.51. The van der Waals surface area contributed by atoms with Gasteiger partial charge in [0.15, 0.2) is 0 Å². The van der Waals surface area contributed by atoms with Crippen LogP contribution < -0.4 is 10.2 Å². The summed E-state index contributed by atoms with van der Waals surface area (Å²) in [4.78, 5) is 26.2. The third kappa shape index (κ3) is 2.69. The minimum absolute atomic E-state index is 0.0405. The second-order valence-corrected chi connectivity index (χ2v) is 5.44. The molecule has 2 amide bonds. The van der Waals surface area contributed by atoms with Crippen molar-refractivity contribution < 1.29 is 9.59 Å². The molecule has 20 heavy (non-hydrogen) atoms. The minimum Gasteiger partial charge on any atom is -0.344 e. The maximum absolute atomic E-state index is 12.7. The van der Waals surface area contributed by atoms with Crippen LogP contribution in [0.15, 0.2) is 6.20 Å². The van der Waals surface area contributed by atoms with E-state index in [1.807, 2.05) is 34.0 Å². The molecule has 0 aromatic carbocycles. The van der Waals surface area contributed by atoms with Crippen LogP contribution in [0.25, 0.3) is 0 Å². The smallest absolute Gasteiger partial charge is 0.249 e. The fourth-order valence-electron chi connectivity index (χ4n) is 2.51. The van der Waals surface area contributed by atoms with Crippen LogP contribution in [0.1, 0.15) is 32.4 Å². The first-order valence-corrected chi connectivity index (χ1v) is 7.05. The predicted molar refractivity (Wildman–Crippen MR) is 76.3 cm³/mol. The van der Waals surface area contributed by atoms with Gasteiger partial charge in [0.25, 0.3) is 0 Å². The van der Waals surface area contributed by atoms with E-state index >= 15 is 0 Å². The summed E-state index contributed by atoms with van der Waals surface area (Å²) in [5.74, 6) is 0.0121. The molecule has 1 N–H and O–H groups in total. The molecule has 6 heteroatoms. The van der Waals surface area contributed by atoms with Crippen molar-refractivity contribution in [1.82, 2.24) is 15.1 Å². The second kappa shape index (κ2) is 5.64. The summed E-state index contributed by atoms with van der Waals surface area (Å²) in [7, 11) is 1.83. The number of nitrogens with one attached hydrogen (secondary N) is 1. The highest BCUT2D eigenvalue weighted by Gasteiger charge is 2.34. The number of anilines is 1. The molecule has 0 saturated carbocycles. The Morgan fingerprint density at radius 2 is 2.20 bits per heavy atom. The van der Waals surface area contributed by atoms with Crippen molar-refractivity contribution >= 4 is 17.5 Å². The molecule has 2 rings (SSSR count). The maximum atomic E-state index is 12.7. The quantitative estimate of drug-likeness (QED) is 0.897. The van der Waals surface area contributed by atoms with Gasteiger partial charge in [-0.05, 0) is 12.8 Å². The summed E-state index contributed by atoms with van der Waals surface area (Å²) in [5, 5.41) is 7.13. The van der Waals surface area contributed by atoms with Crippen molar-refractivity contribution in [3.05, 3.63) is 11.9 Å². The van der Waals surface area contributed by atoms with Gasteiger partial charge in [0.2, 0.25) is 11.8 Å². The van der Waals surface area contributed by atoms with Crippen LogP contribution in [0.4, 0.5) is 5.69 Å². The van der Waals surface area contributed by atoms with Crippen LogP contribution in [0, 0.1) is 12.8 Å². The molecule has 1 fully saturated rings. The van der Waals surface area contributed by atoms with Crippen LogP contribution >= 0.6 is 0 Å². The molecular weight excluding hydrogens is 256 g/mol. The van der Waals surface area contributed by atoms with Gasteiger partial charge in [0.05, 0.1) is 11.4 Å². The highest BCUT2D eigenvalue weighted by molar-refractivity contribution is 6.01. The number of aryl methyl sites for hydroxylation is 2. The first kappa shape index (κ1) is 14.6. The summed E-state index contributed by atoms with van der Waals surface area (Å²) in [6.07, 6.45) is 3.00. The lowest BCUT2D eigenvalue weighted by atomic mass is 9.98. The van der Waals surface area contributed by atoms with Crippen molar-refractivity contribution in [2.45, 2.75) is 39.7 Å². The van der Waals surface area contributed by atoms with Crippen molar-refractivity contribution in [1.29, 1.82) is 0 Å². The lowest BCUT2D eigenvalue weighted by Crippen LogP contribution is -2.48. The van der Waals surface area contributed by atoms with Crippen molar-refractivity contribution in [3.8, 4) is 0 Å². The average Bonchev–Trinajstić information content (AvgIpc) is 2.65. The van der Waals surface area contributed by atoms with E-state index in [2.05, 4.69) is 10.4 Å². The highest BCUT2D eigenvalue weighted by Crippen LogP contribution is 2.23. The SMILES string of the molecule is CCC(C)C1NC(=O)CCN(c2cn(C)nc2C)C1=O. The summed E-state index contributed by atoms with van der Waals surface area (Å²) in [5.41, 5.74) is 1.60. The molecule has 2 heterocycles. The molecule has 6 nitrogen and oxygen atoms in total. The Morgan fingerprint density at radius 1 is 1.50 bits per heavy atom. The number of carbonyl (C=O) groups excluding carboxylic acids is 2. The zero-order chi connectivity index (χ0) is 14.9. The molecule has 1 aromatic heterocycles. The first-order chi connectivity index (χ1) is 9.43. The summed E-state index contributed by atoms with van der Waals surface area (Å²) < 4.78 is 1.69. The zero-order valence-corrected chi connectivity index (χ0v) is 12.5. The Kier molecular flexibility index (Phi) is 4.11. The van der Waals surface area contributed by atoms with Crippen LogP contribution in [0.5, 0.6) is 0 Å². The summed E-state index contributed by atoms with van der Waals surface area (Å²) in [6.45, 7) is 6.29. The Balaban J connectivity index is 2.34. The van der Waals surface area contributed by atoms with Crippen LogP contribution in [-0.2, 0) is 16.6 Å². The number of hydrogen-bond acceptors (Lipinski definition) is 3. The number of hydrogen-bond donors (Lipinski definition) is 1. The van der Waals surface area contributed by atoms with Crippen molar-refractivity contribution in [2.75, 3.05) is 11.4 Å². The monoisotopic (exact) mass is 278 g/mol. The van der Waals surface area contributed by atoms with Gasteiger partial charge in [-0.25, -0.2) is 0 Å². The van der Waals surface area contributed by atoms with Gasteiger partial charge in [-0.3, -0.25) is 14.3 Å². The van der Waals surface area contributed by atoms with Gasteiger partial charge in [0.1, 0.15) is 6.04 Å². The lowest BCUT2D eigenvalue weighted by molar-refractivity contribution is -0.126. The molecule has 1 aromatic rings. The number of carbonyl (C=O) groups is 2. The Hall–Kier alpha value is -1.85. The van der Waals surface area contributed by atoms with E-state index in [0.717, 1.165) is 17.8 Å². The Morgan fingerprint density at radius 3 is 2.75 bits per heavy atom. The van der Waals surface area contributed by atoms with E-state index in [4.69, 9.17) is 0 Å². The van der Waals surface area contributed by atoms with Gasteiger partial charge in [-0.15, -0.1) is 0 Å². The fraction of sp³-hybridized carbons (Fsp3) is 0.643. The van der Waals surface area contributed by atoms with Gasteiger partial charge < -0.3 is 10.2 Å². The molecule has 2 atom stereocenters. The first-order valence-electron chi connectivity index (χ1n) is 7.05. The third-order valence-electron chi connectivity index (χ3n) is 3.90.